The van der Waals surface area contributed by atoms with Crippen LogP contribution in [0.1, 0.15) is 23.2 Å². The minimum absolute atomic E-state index is 0.109. The molecule has 0 bridgehead atoms. The molecule has 1 heterocycles. The van der Waals surface area contributed by atoms with E-state index in [1.165, 1.54) is 35.6 Å². The fourth-order valence-corrected chi connectivity index (χ4v) is 2.03. The molecule has 2 rings (SSSR count). The first kappa shape index (κ1) is 13.2. The number of carbonyl (C=O) groups is 2. The number of rotatable bonds is 5. The normalized spacial score (nSPS) is 10.1. The fraction of sp³-hybridized carbons (Fsp3) is 0.154. The van der Waals surface area contributed by atoms with E-state index < -0.39 is 0 Å². The van der Waals surface area contributed by atoms with Crippen molar-refractivity contribution in [3.8, 4) is 5.75 Å². The van der Waals surface area contributed by atoms with Crippen LogP contribution in [0.15, 0.2) is 35.8 Å². The number of nitrogens with one attached hydrogen (secondary N) is 1. The van der Waals surface area contributed by atoms with Crippen LogP contribution < -0.4 is 5.32 Å². The summed E-state index contributed by atoms with van der Waals surface area (Å²) in [7, 11) is 0. The number of hydrogen-bond donors (Lipinski definition) is 2. The smallest absolute Gasteiger partial charge is 0.226 e. The Morgan fingerprint density at radius 3 is 2.58 bits per heavy atom. The lowest BCUT2D eigenvalue weighted by atomic mass is 10.1. The highest BCUT2D eigenvalue weighted by atomic mass is 32.1. The van der Waals surface area contributed by atoms with E-state index in [0.29, 0.717) is 10.7 Å². The van der Waals surface area contributed by atoms with Crippen LogP contribution in [0.4, 0.5) is 5.13 Å². The zero-order chi connectivity index (χ0) is 13.7. The number of phenols is 1. The van der Waals surface area contributed by atoms with Crippen molar-refractivity contribution < 1.29 is 14.7 Å². The summed E-state index contributed by atoms with van der Waals surface area (Å²) in [4.78, 5) is 27.3. The van der Waals surface area contributed by atoms with Gasteiger partial charge in [0.05, 0.1) is 0 Å². The van der Waals surface area contributed by atoms with E-state index in [0.717, 1.165) is 0 Å². The van der Waals surface area contributed by atoms with Crippen LogP contribution in [0.3, 0.4) is 0 Å². The van der Waals surface area contributed by atoms with Crippen molar-refractivity contribution in [2.75, 3.05) is 5.32 Å². The van der Waals surface area contributed by atoms with Crippen LogP contribution in [0.2, 0.25) is 0 Å². The second-order valence-corrected chi connectivity index (χ2v) is 4.75. The van der Waals surface area contributed by atoms with E-state index in [9.17, 15) is 9.59 Å². The molecule has 0 radical (unpaired) electrons. The molecule has 1 aromatic carbocycles. The largest absolute Gasteiger partial charge is 0.508 e. The molecule has 1 aromatic heterocycles. The van der Waals surface area contributed by atoms with Crippen molar-refractivity contribution in [2.45, 2.75) is 12.8 Å². The van der Waals surface area contributed by atoms with Gasteiger partial charge in [0, 0.05) is 30.0 Å². The van der Waals surface area contributed by atoms with Gasteiger partial charge in [-0.1, -0.05) is 0 Å². The number of amides is 1. The SMILES string of the molecule is O=C(CCC(=O)c1ccc(O)cc1)Nc1nccs1. The monoisotopic (exact) mass is 276 g/mol. The highest BCUT2D eigenvalue weighted by molar-refractivity contribution is 7.13. The fourth-order valence-electron chi connectivity index (χ4n) is 1.49. The van der Waals surface area contributed by atoms with Gasteiger partial charge in [0.15, 0.2) is 10.9 Å². The van der Waals surface area contributed by atoms with Crippen molar-refractivity contribution in [1.29, 1.82) is 0 Å². The third-order valence-electron chi connectivity index (χ3n) is 2.45. The minimum Gasteiger partial charge on any atom is -0.508 e. The zero-order valence-corrected chi connectivity index (χ0v) is 10.8. The molecule has 0 saturated heterocycles. The number of ketones is 1. The van der Waals surface area contributed by atoms with E-state index in [4.69, 9.17) is 5.11 Å². The quantitative estimate of drug-likeness (QED) is 0.822. The number of aromatic hydroxyl groups is 1. The number of nitrogens with zero attached hydrogens (tertiary/aromatic N) is 1. The predicted molar refractivity (Wildman–Crippen MR) is 72.4 cm³/mol. The first-order valence-corrected chi connectivity index (χ1v) is 6.54. The third-order valence-corrected chi connectivity index (χ3v) is 3.14. The van der Waals surface area contributed by atoms with Crippen LogP contribution in [0, 0.1) is 0 Å². The van der Waals surface area contributed by atoms with Crippen molar-refractivity contribution >= 4 is 28.2 Å². The number of anilines is 1. The molecule has 0 aliphatic rings. The van der Waals surface area contributed by atoms with E-state index in [2.05, 4.69) is 10.3 Å². The Balaban J connectivity index is 1.83. The van der Waals surface area contributed by atoms with Crippen LogP contribution >= 0.6 is 11.3 Å². The maximum absolute atomic E-state index is 11.8. The van der Waals surface area contributed by atoms with Gasteiger partial charge in [0.1, 0.15) is 5.75 Å². The molecule has 0 aliphatic heterocycles. The first-order chi connectivity index (χ1) is 9.15. The number of Topliss-reactive ketones (excluding diaryl/α,β-unsaturated/α-hetero) is 1. The number of carbonyl (C=O) groups excluding carboxylic acids is 2. The van der Waals surface area contributed by atoms with Gasteiger partial charge in [-0.15, -0.1) is 11.3 Å². The molecular weight excluding hydrogens is 264 g/mol. The topological polar surface area (TPSA) is 79.3 Å². The molecule has 2 N–H and O–H groups in total. The first-order valence-electron chi connectivity index (χ1n) is 5.67. The summed E-state index contributed by atoms with van der Waals surface area (Å²) >= 11 is 1.33. The molecule has 0 atom stereocenters. The second-order valence-electron chi connectivity index (χ2n) is 3.86. The van der Waals surface area contributed by atoms with Gasteiger partial charge in [-0.3, -0.25) is 9.59 Å². The van der Waals surface area contributed by atoms with Gasteiger partial charge in [-0.25, -0.2) is 4.98 Å². The Labute approximate surface area is 113 Å². The molecule has 0 fully saturated rings. The summed E-state index contributed by atoms with van der Waals surface area (Å²) in [6.07, 6.45) is 1.84. The Morgan fingerprint density at radius 1 is 1.21 bits per heavy atom. The summed E-state index contributed by atoms with van der Waals surface area (Å²) in [6, 6.07) is 5.97. The molecule has 0 aliphatic carbocycles. The summed E-state index contributed by atoms with van der Waals surface area (Å²) in [5.74, 6) is -0.255. The van der Waals surface area contributed by atoms with E-state index >= 15 is 0 Å². The van der Waals surface area contributed by atoms with Crippen LogP contribution in [-0.2, 0) is 4.79 Å². The van der Waals surface area contributed by atoms with Crippen molar-refractivity contribution in [1.82, 2.24) is 4.98 Å². The average molecular weight is 276 g/mol. The molecule has 2 aromatic rings. The molecule has 19 heavy (non-hydrogen) atoms. The maximum atomic E-state index is 11.8. The van der Waals surface area contributed by atoms with E-state index in [1.54, 1.807) is 11.6 Å². The number of aromatic nitrogens is 1. The van der Waals surface area contributed by atoms with Crippen LogP contribution in [0.25, 0.3) is 0 Å². The third kappa shape index (κ3) is 3.89. The number of thiazole rings is 1. The van der Waals surface area contributed by atoms with Gasteiger partial charge < -0.3 is 10.4 Å². The van der Waals surface area contributed by atoms with Crippen molar-refractivity contribution in [2.24, 2.45) is 0 Å². The van der Waals surface area contributed by atoms with Crippen LogP contribution in [0.5, 0.6) is 5.75 Å². The molecular formula is C13H12N2O3S. The highest BCUT2D eigenvalue weighted by Crippen LogP contribution is 2.13. The molecule has 0 unspecified atom stereocenters. The second kappa shape index (κ2) is 6.10. The Hall–Kier alpha value is -2.21. The van der Waals surface area contributed by atoms with Gasteiger partial charge in [0.25, 0.3) is 0 Å². The van der Waals surface area contributed by atoms with Gasteiger partial charge in [-0.2, -0.15) is 0 Å². The van der Waals surface area contributed by atoms with Crippen LogP contribution in [-0.4, -0.2) is 21.8 Å². The summed E-state index contributed by atoms with van der Waals surface area (Å²) in [5.41, 5.74) is 0.486. The lowest BCUT2D eigenvalue weighted by Crippen LogP contribution is -2.13. The van der Waals surface area contributed by atoms with Gasteiger partial charge in [-0.05, 0) is 24.3 Å². The number of phenolic OH excluding ortho intramolecular Hbond substituents is 1. The van der Waals surface area contributed by atoms with Gasteiger partial charge >= 0.3 is 0 Å². The number of hydrogen-bond acceptors (Lipinski definition) is 5. The Kier molecular flexibility index (Phi) is 4.25. The van der Waals surface area contributed by atoms with E-state index in [-0.39, 0.29) is 30.3 Å². The average Bonchev–Trinajstić information content (AvgIpc) is 2.89. The molecule has 1 amide bonds. The number of benzene rings is 1. The predicted octanol–water partition coefficient (Wildman–Crippen LogP) is 2.45. The molecule has 6 heteroatoms. The lowest BCUT2D eigenvalue weighted by molar-refractivity contribution is -0.116. The zero-order valence-electron chi connectivity index (χ0n) is 10.00. The lowest BCUT2D eigenvalue weighted by Gasteiger charge is -2.02. The highest BCUT2D eigenvalue weighted by Gasteiger charge is 2.10. The standard InChI is InChI=1S/C13H12N2O3S/c16-10-3-1-9(2-4-10)11(17)5-6-12(18)15-13-14-7-8-19-13/h1-4,7-8,16H,5-6H2,(H,14,15,18). The molecule has 0 saturated carbocycles. The van der Waals surface area contributed by atoms with E-state index in [1.807, 2.05) is 0 Å². The summed E-state index contributed by atoms with van der Waals surface area (Å²) in [5, 5.41) is 14.0. The minimum atomic E-state index is -0.234. The Morgan fingerprint density at radius 2 is 1.95 bits per heavy atom. The summed E-state index contributed by atoms with van der Waals surface area (Å²) < 4.78 is 0. The molecule has 0 spiro atoms. The Bertz CT molecular complexity index is 564. The van der Waals surface area contributed by atoms with Gasteiger partial charge in [0.2, 0.25) is 5.91 Å². The van der Waals surface area contributed by atoms with Crippen molar-refractivity contribution in [3.05, 3.63) is 41.4 Å². The summed E-state index contributed by atoms with van der Waals surface area (Å²) in [6.45, 7) is 0. The molecule has 98 valence electrons. The maximum Gasteiger partial charge on any atom is 0.226 e. The molecule has 5 nitrogen and oxygen atoms in total. The van der Waals surface area contributed by atoms with Crippen molar-refractivity contribution in [3.63, 3.8) is 0 Å².